The molecule has 3 rings (SSSR count). The second-order valence-electron chi connectivity index (χ2n) is 4.95. The summed E-state index contributed by atoms with van der Waals surface area (Å²) in [4.78, 5) is 8.90. The fraction of sp³-hybridized carbons (Fsp3) is 0.235. The smallest absolute Gasteiger partial charge is 0.199 e. The van der Waals surface area contributed by atoms with Gasteiger partial charge in [-0.2, -0.15) is 5.26 Å². The van der Waals surface area contributed by atoms with Crippen LogP contribution >= 0.6 is 0 Å². The number of aromatic nitrogens is 2. The molecular weight excluding hydrogens is 262 g/mol. The van der Waals surface area contributed by atoms with Gasteiger partial charge in [-0.05, 0) is 30.7 Å². The zero-order valence-corrected chi connectivity index (χ0v) is 11.8. The number of rotatable bonds is 4. The van der Waals surface area contributed by atoms with Crippen LogP contribution in [0.3, 0.4) is 0 Å². The van der Waals surface area contributed by atoms with Crippen molar-refractivity contribution in [1.82, 2.24) is 9.97 Å². The summed E-state index contributed by atoms with van der Waals surface area (Å²) < 4.78 is 5.85. The second-order valence-corrected chi connectivity index (χ2v) is 4.95. The Kier molecular flexibility index (Phi) is 3.65. The van der Waals surface area contributed by atoms with Gasteiger partial charge >= 0.3 is 0 Å². The normalized spacial score (nSPS) is 12.2. The number of oxazole rings is 1. The Morgan fingerprint density at radius 2 is 2.14 bits per heavy atom. The number of para-hydroxylation sites is 1. The Morgan fingerprint density at radius 1 is 1.24 bits per heavy atom. The highest BCUT2D eigenvalue weighted by Gasteiger charge is 2.19. The van der Waals surface area contributed by atoms with Crippen LogP contribution in [-0.4, -0.2) is 9.97 Å². The summed E-state index contributed by atoms with van der Waals surface area (Å²) in [5, 5.41) is 9.13. The largest absolute Gasteiger partial charge is 0.439 e. The molecule has 0 saturated heterocycles. The van der Waals surface area contributed by atoms with E-state index in [4.69, 9.17) is 9.68 Å². The van der Waals surface area contributed by atoms with Crippen LogP contribution in [-0.2, 0) is 6.42 Å². The molecular formula is C17H15N3O. The molecule has 4 heteroatoms. The number of fused-ring (bicyclic) bond motifs is 1. The highest BCUT2D eigenvalue weighted by atomic mass is 16.3. The quantitative estimate of drug-likeness (QED) is 0.727. The van der Waals surface area contributed by atoms with E-state index in [0.717, 1.165) is 24.1 Å². The van der Waals surface area contributed by atoms with E-state index in [1.807, 2.05) is 30.3 Å². The van der Waals surface area contributed by atoms with Gasteiger partial charge in [0.05, 0.1) is 5.56 Å². The minimum Gasteiger partial charge on any atom is -0.439 e. The maximum atomic E-state index is 9.13. The van der Waals surface area contributed by atoms with Gasteiger partial charge in [-0.1, -0.05) is 19.1 Å². The van der Waals surface area contributed by atoms with Gasteiger partial charge in [0.2, 0.25) is 0 Å². The topological polar surface area (TPSA) is 62.7 Å². The van der Waals surface area contributed by atoms with Crippen molar-refractivity contribution in [2.75, 3.05) is 0 Å². The van der Waals surface area contributed by atoms with E-state index in [2.05, 4.69) is 23.0 Å². The van der Waals surface area contributed by atoms with Gasteiger partial charge in [0.25, 0.3) is 0 Å². The van der Waals surface area contributed by atoms with Gasteiger partial charge < -0.3 is 4.42 Å². The molecule has 1 aromatic carbocycles. The monoisotopic (exact) mass is 277 g/mol. The van der Waals surface area contributed by atoms with Crippen LogP contribution in [0.4, 0.5) is 0 Å². The first-order valence-electron chi connectivity index (χ1n) is 7.01. The maximum Gasteiger partial charge on any atom is 0.199 e. The number of hydrogen-bond acceptors (Lipinski definition) is 4. The molecule has 0 spiro atoms. The molecule has 1 atom stereocenters. The van der Waals surface area contributed by atoms with Crippen molar-refractivity contribution in [2.45, 2.75) is 25.7 Å². The summed E-state index contributed by atoms with van der Waals surface area (Å²) in [7, 11) is 0. The van der Waals surface area contributed by atoms with E-state index in [-0.39, 0.29) is 5.92 Å². The molecule has 0 amide bonds. The van der Waals surface area contributed by atoms with Crippen LogP contribution in [0.15, 0.2) is 47.0 Å². The van der Waals surface area contributed by atoms with Crippen LogP contribution in [0.5, 0.6) is 0 Å². The molecule has 0 bridgehead atoms. The van der Waals surface area contributed by atoms with Gasteiger partial charge in [0.1, 0.15) is 11.6 Å². The lowest BCUT2D eigenvalue weighted by atomic mass is 10.00. The first kappa shape index (κ1) is 13.3. The Morgan fingerprint density at radius 3 is 2.86 bits per heavy atom. The molecule has 0 aliphatic rings. The second kappa shape index (κ2) is 5.76. The first-order chi connectivity index (χ1) is 10.3. The number of nitrogens with zero attached hydrogens (tertiary/aromatic N) is 3. The average molecular weight is 277 g/mol. The van der Waals surface area contributed by atoms with Crippen molar-refractivity contribution >= 4 is 11.1 Å². The fourth-order valence-corrected chi connectivity index (χ4v) is 2.41. The number of pyridine rings is 1. The standard InChI is InChI=1S/C17H15N3O/c1-2-12(10-14-7-3-4-9-19-14)17-20-15-8-5-6-13(11-18)16(15)21-17/h3-9,12H,2,10H2,1H3. The Bertz CT molecular complexity index is 787. The van der Waals surface area contributed by atoms with Crippen molar-refractivity contribution < 1.29 is 4.42 Å². The minimum absolute atomic E-state index is 0.166. The van der Waals surface area contributed by atoms with Crippen molar-refractivity contribution in [3.63, 3.8) is 0 Å². The van der Waals surface area contributed by atoms with Crippen LogP contribution in [0.1, 0.15) is 36.4 Å². The maximum absolute atomic E-state index is 9.13. The molecule has 1 unspecified atom stereocenters. The molecule has 0 fully saturated rings. The number of benzene rings is 1. The summed E-state index contributed by atoms with van der Waals surface area (Å²) in [6, 6.07) is 13.5. The molecule has 0 radical (unpaired) electrons. The molecule has 2 aromatic heterocycles. The summed E-state index contributed by atoms with van der Waals surface area (Å²) in [6.45, 7) is 2.10. The Labute approximate surface area is 123 Å². The molecule has 0 aliphatic heterocycles. The van der Waals surface area contributed by atoms with Crippen molar-refractivity contribution in [3.05, 3.63) is 59.7 Å². The van der Waals surface area contributed by atoms with Crippen LogP contribution in [0.25, 0.3) is 11.1 Å². The van der Waals surface area contributed by atoms with Gasteiger partial charge in [0.15, 0.2) is 11.5 Å². The summed E-state index contributed by atoms with van der Waals surface area (Å²) >= 11 is 0. The van der Waals surface area contributed by atoms with E-state index in [1.54, 1.807) is 12.3 Å². The average Bonchev–Trinajstić information content (AvgIpc) is 2.97. The third kappa shape index (κ3) is 2.63. The van der Waals surface area contributed by atoms with E-state index >= 15 is 0 Å². The number of nitriles is 1. The Balaban J connectivity index is 1.96. The summed E-state index contributed by atoms with van der Waals surface area (Å²) in [5.74, 6) is 0.847. The zero-order valence-electron chi connectivity index (χ0n) is 11.8. The van der Waals surface area contributed by atoms with Crippen LogP contribution in [0, 0.1) is 11.3 Å². The lowest BCUT2D eigenvalue weighted by molar-refractivity contribution is 0.456. The summed E-state index contributed by atoms with van der Waals surface area (Å²) in [6.07, 6.45) is 3.49. The van der Waals surface area contributed by atoms with E-state index in [9.17, 15) is 0 Å². The first-order valence-corrected chi connectivity index (χ1v) is 7.01. The van der Waals surface area contributed by atoms with Crippen molar-refractivity contribution in [3.8, 4) is 6.07 Å². The van der Waals surface area contributed by atoms with Crippen molar-refractivity contribution in [1.29, 1.82) is 5.26 Å². The van der Waals surface area contributed by atoms with Crippen LogP contribution in [0.2, 0.25) is 0 Å². The Hall–Kier alpha value is -2.67. The highest BCUT2D eigenvalue weighted by Crippen LogP contribution is 2.28. The van der Waals surface area contributed by atoms with Gasteiger partial charge in [-0.15, -0.1) is 0 Å². The van der Waals surface area contributed by atoms with Crippen molar-refractivity contribution in [2.24, 2.45) is 0 Å². The third-order valence-electron chi connectivity index (χ3n) is 3.58. The van der Waals surface area contributed by atoms with Crippen LogP contribution < -0.4 is 0 Å². The molecule has 21 heavy (non-hydrogen) atoms. The molecule has 0 aliphatic carbocycles. The predicted octanol–water partition coefficient (Wildman–Crippen LogP) is 3.83. The molecule has 104 valence electrons. The van der Waals surface area contributed by atoms with E-state index < -0.39 is 0 Å². The molecule has 3 aromatic rings. The lowest BCUT2D eigenvalue weighted by Gasteiger charge is -2.09. The molecule has 4 nitrogen and oxygen atoms in total. The fourth-order valence-electron chi connectivity index (χ4n) is 2.41. The lowest BCUT2D eigenvalue weighted by Crippen LogP contribution is -2.03. The van der Waals surface area contributed by atoms with Gasteiger partial charge in [-0.25, -0.2) is 4.98 Å². The minimum atomic E-state index is 0.166. The third-order valence-corrected chi connectivity index (χ3v) is 3.58. The number of hydrogen-bond donors (Lipinski definition) is 0. The van der Waals surface area contributed by atoms with E-state index in [0.29, 0.717) is 17.0 Å². The highest BCUT2D eigenvalue weighted by molar-refractivity contribution is 5.79. The predicted molar refractivity (Wildman–Crippen MR) is 79.7 cm³/mol. The SMILES string of the molecule is CCC(Cc1ccccn1)c1nc2cccc(C#N)c2o1. The molecule has 0 saturated carbocycles. The van der Waals surface area contributed by atoms with E-state index in [1.165, 1.54) is 0 Å². The zero-order chi connectivity index (χ0) is 14.7. The molecule has 2 heterocycles. The van der Waals surface area contributed by atoms with Gasteiger partial charge in [0, 0.05) is 24.2 Å². The van der Waals surface area contributed by atoms with Gasteiger partial charge in [-0.3, -0.25) is 4.98 Å². The molecule has 0 N–H and O–H groups in total. The summed E-state index contributed by atoms with van der Waals surface area (Å²) in [5.41, 5.74) is 2.86.